The molecule has 1 aliphatic carbocycles. The predicted octanol–water partition coefficient (Wildman–Crippen LogP) is 4.05. The molecule has 1 aliphatic rings. The Balaban J connectivity index is 1.86. The van der Waals surface area contributed by atoms with E-state index in [-0.39, 0.29) is 0 Å². The number of aliphatic hydroxyl groups excluding tert-OH is 1. The normalized spacial score (nSPS) is 19.2. The van der Waals surface area contributed by atoms with Gasteiger partial charge in [-0.15, -0.1) is 0 Å². The zero-order chi connectivity index (χ0) is 15.3. The lowest BCUT2D eigenvalue weighted by Crippen LogP contribution is -2.32. The van der Waals surface area contributed by atoms with Gasteiger partial charge in [-0.25, -0.2) is 0 Å². The van der Waals surface area contributed by atoms with Gasteiger partial charge in [0.25, 0.3) is 0 Å². The van der Waals surface area contributed by atoms with E-state index in [1.807, 2.05) is 0 Å². The van der Waals surface area contributed by atoms with E-state index < -0.39 is 17.8 Å². The zero-order valence-corrected chi connectivity index (χ0v) is 12.0. The van der Waals surface area contributed by atoms with Crippen LogP contribution < -0.4 is 5.32 Å². The summed E-state index contributed by atoms with van der Waals surface area (Å²) < 4.78 is 37.4. The molecule has 21 heavy (non-hydrogen) atoms. The van der Waals surface area contributed by atoms with E-state index in [2.05, 4.69) is 5.32 Å². The molecule has 1 aromatic rings. The first-order valence-electron chi connectivity index (χ1n) is 7.55. The van der Waals surface area contributed by atoms with Gasteiger partial charge in [-0.05, 0) is 30.5 Å². The van der Waals surface area contributed by atoms with Gasteiger partial charge in [0.05, 0.1) is 11.7 Å². The lowest BCUT2D eigenvalue weighted by atomic mass is 10.1. The van der Waals surface area contributed by atoms with Crippen LogP contribution in [0.15, 0.2) is 24.3 Å². The number of benzene rings is 1. The van der Waals surface area contributed by atoms with Crippen molar-refractivity contribution < 1.29 is 18.3 Å². The first-order chi connectivity index (χ1) is 9.97. The fourth-order valence-corrected chi connectivity index (χ4v) is 2.77. The second-order valence-corrected chi connectivity index (χ2v) is 5.73. The molecule has 2 rings (SSSR count). The maximum absolute atomic E-state index is 12.5. The van der Waals surface area contributed by atoms with Crippen LogP contribution in [0.5, 0.6) is 0 Å². The minimum Gasteiger partial charge on any atom is -0.387 e. The SMILES string of the molecule is OC(CNC1CCCCCC1)c1ccc(C(F)(F)F)cc1. The number of hydrogen-bond acceptors (Lipinski definition) is 2. The third-order valence-corrected chi connectivity index (χ3v) is 4.08. The molecule has 0 heterocycles. The standard InChI is InChI=1S/C16H22F3NO/c17-16(18,19)13-9-7-12(8-10-13)15(21)11-20-14-5-3-1-2-4-6-14/h7-10,14-15,20-21H,1-6,11H2. The Morgan fingerprint density at radius 3 is 2.14 bits per heavy atom. The van der Waals surface area contributed by atoms with Gasteiger partial charge in [-0.1, -0.05) is 37.8 Å². The Kier molecular flexibility index (Phi) is 5.65. The van der Waals surface area contributed by atoms with Crippen LogP contribution in [0.1, 0.15) is 55.8 Å². The Labute approximate surface area is 123 Å². The van der Waals surface area contributed by atoms with Crippen molar-refractivity contribution in [2.45, 2.75) is 56.8 Å². The molecular formula is C16H22F3NO. The Morgan fingerprint density at radius 1 is 1.05 bits per heavy atom. The van der Waals surface area contributed by atoms with Crippen LogP contribution in [0.25, 0.3) is 0 Å². The second kappa shape index (κ2) is 7.27. The molecule has 2 N–H and O–H groups in total. The van der Waals surface area contributed by atoms with Gasteiger partial charge in [0.1, 0.15) is 0 Å². The van der Waals surface area contributed by atoms with Crippen molar-refractivity contribution in [3.8, 4) is 0 Å². The first kappa shape index (κ1) is 16.3. The van der Waals surface area contributed by atoms with Crippen molar-refractivity contribution in [2.24, 2.45) is 0 Å². The predicted molar refractivity (Wildman–Crippen MR) is 75.9 cm³/mol. The summed E-state index contributed by atoms with van der Waals surface area (Å²) in [4.78, 5) is 0. The molecule has 118 valence electrons. The average molecular weight is 301 g/mol. The smallest absolute Gasteiger partial charge is 0.387 e. The Bertz CT molecular complexity index is 422. The maximum Gasteiger partial charge on any atom is 0.416 e. The van der Waals surface area contributed by atoms with E-state index in [1.54, 1.807) is 0 Å². The largest absolute Gasteiger partial charge is 0.416 e. The summed E-state index contributed by atoms with van der Waals surface area (Å²) in [5.41, 5.74) is -0.167. The molecule has 0 aliphatic heterocycles. The van der Waals surface area contributed by atoms with E-state index in [1.165, 1.54) is 37.8 Å². The minimum atomic E-state index is -4.33. The van der Waals surface area contributed by atoms with E-state index in [0.717, 1.165) is 25.0 Å². The van der Waals surface area contributed by atoms with Gasteiger partial charge in [0, 0.05) is 12.6 Å². The van der Waals surface area contributed by atoms with Crippen molar-refractivity contribution in [1.82, 2.24) is 5.32 Å². The lowest BCUT2D eigenvalue weighted by Gasteiger charge is -2.19. The summed E-state index contributed by atoms with van der Waals surface area (Å²) in [5.74, 6) is 0. The molecule has 1 aromatic carbocycles. The highest BCUT2D eigenvalue weighted by Crippen LogP contribution is 2.30. The lowest BCUT2D eigenvalue weighted by molar-refractivity contribution is -0.137. The number of alkyl halides is 3. The highest BCUT2D eigenvalue weighted by atomic mass is 19.4. The Hall–Kier alpha value is -1.07. The molecule has 0 amide bonds. The molecule has 5 heteroatoms. The number of rotatable bonds is 4. The summed E-state index contributed by atoms with van der Waals surface area (Å²) in [6, 6.07) is 5.15. The first-order valence-corrected chi connectivity index (χ1v) is 7.55. The molecule has 1 fully saturated rings. The second-order valence-electron chi connectivity index (χ2n) is 5.73. The van der Waals surface area contributed by atoms with E-state index >= 15 is 0 Å². The summed E-state index contributed by atoms with van der Waals surface area (Å²) in [7, 11) is 0. The number of halogens is 3. The quantitative estimate of drug-likeness (QED) is 0.822. The average Bonchev–Trinajstić information content (AvgIpc) is 2.72. The molecule has 0 saturated heterocycles. The van der Waals surface area contributed by atoms with Crippen molar-refractivity contribution >= 4 is 0 Å². The third kappa shape index (κ3) is 5.00. The van der Waals surface area contributed by atoms with Gasteiger partial charge in [0.15, 0.2) is 0 Å². The summed E-state index contributed by atoms with van der Waals surface area (Å²) in [6.07, 6.45) is 2.05. The maximum atomic E-state index is 12.5. The number of nitrogens with one attached hydrogen (secondary N) is 1. The van der Waals surface area contributed by atoms with Gasteiger partial charge in [-0.3, -0.25) is 0 Å². The highest BCUT2D eigenvalue weighted by Gasteiger charge is 2.30. The van der Waals surface area contributed by atoms with Crippen LogP contribution in [-0.4, -0.2) is 17.7 Å². The van der Waals surface area contributed by atoms with Crippen LogP contribution in [0, 0.1) is 0 Å². The molecule has 1 atom stereocenters. The Morgan fingerprint density at radius 2 is 1.62 bits per heavy atom. The van der Waals surface area contributed by atoms with Gasteiger partial charge < -0.3 is 10.4 Å². The molecule has 2 nitrogen and oxygen atoms in total. The monoisotopic (exact) mass is 301 g/mol. The van der Waals surface area contributed by atoms with Gasteiger partial charge in [-0.2, -0.15) is 13.2 Å². The molecule has 0 radical (unpaired) electrons. The van der Waals surface area contributed by atoms with E-state index in [0.29, 0.717) is 18.2 Å². The van der Waals surface area contributed by atoms with Crippen molar-refractivity contribution in [1.29, 1.82) is 0 Å². The van der Waals surface area contributed by atoms with Crippen LogP contribution in [0.2, 0.25) is 0 Å². The van der Waals surface area contributed by atoms with Crippen LogP contribution >= 0.6 is 0 Å². The minimum absolute atomic E-state index is 0.385. The van der Waals surface area contributed by atoms with Crippen LogP contribution in [0.3, 0.4) is 0 Å². The molecule has 1 unspecified atom stereocenters. The third-order valence-electron chi connectivity index (χ3n) is 4.08. The van der Waals surface area contributed by atoms with E-state index in [9.17, 15) is 18.3 Å². The fourth-order valence-electron chi connectivity index (χ4n) is 2.77. The topological polar surface area (TPSA) is 32.3 Å². The molecular weight excluding hydrogens is 279 g/mol. The van der Waals surface area contributed by atoms with Crippen molar-refractivity contribution in [3.05, 3.63) is 35.4 Å². The van der Waals surface area contributed by atoms with E-state index in [4.69, 9.17) is 0 Å². The van der Waals surface area contributed by atoms with Crippen molar-refractivity contribution in [2.75, 3.05) is 6.54 Å². The summed E-state index contributed by atoms with van der Waals surface area (Å²) >= 11 is 0. The summed E-state index contributed by atoms with van der Waals surface area (Å²) in [5, 5.41) is 13.4. The molecule has 1 saturated carbocycles. The molecule has 0 spiro atoms. The van der Waals surface area contributed by atoms with Gasteiger partial charge >= 0.3 is 6.18 Å². The number of hydrogen-bond donors (Lipinski definition) is 2. The molecule has 0 bridgehead atoms. The van der Waals surface area contributed by atoms with Gasteiger partial charge in [0.2, 0.25) is 0 Å². The fraction of sp³-hybridized carbons (Fsp3) is 0.625. The zero-order valence-electron chi connectivity index (χ0n) is 12.0. The highest BCUT2D eigenvalue weighted by molar-refractivity contribution is 5.26. The molecule has 0 aromatic heterocycles. The number of aliphatic hydroxyl groups is 1. The van der Waals surface area contributed by atoms with Crippen LogP contribution in [-0.2, 0) is 6.18 Å². The van der Waals surface area contributed by atoms with Crippen molar-refractivity contribution in [3.63, 3.8) is 0 Å². The summed E-state index contributed by atoms with van der Waals surface area (Å²) in [6.45, 7) is 0.385. The van der Waals surface area contributed by atoms with Crippen LogP contribution in [0.4, 0.5) is 13.2 Å².